The summed E-state index contributed by atoms with van der Waals surface area (Å²) in [6, 6.07) is 23.2. The summed E-state index contributed by atoms with van der Waals surface area (Å²) >= 11 is 7.39. The molecule has 0 fully saturated rings. The molecule has 3 aromatic carbocycles. The van der Waals surface area contributed by atoms with Crippen molar-refractivity contribution in [2.45, 2.75) is 18.7 Å². The lowest BCUT2D eigenvalue weighted by Gasteiger charge is -2.11. The number of carbonyl (C=O) groups excluding carboxylic acids is 1. The summed E-state index contributed by atoms with van der Waals surface area (Å²) in [6.07, 6.45) is 0. The molecule has 1 heterocycles. The summed E-state index contributed by atoms with van der Waals surface area (Å²) in [5.74, 6) is 1.48. The lowest BCUT2D eigenvalue weighted by atomic mass is 10.0. The molecule has 168 valence electrons. The largest absolute Gasteiger partial charge is 0.486 e. The third-order valence-corrected chi connectivity index (χ3v) is 6.49. The number of hydrogen-bond acceptors (Lipinski definition) is 5. The van der Waals surface area contributed by atoms with E-state index in [1.165, 1.54) is 11.8 Å². The quantitative estimate of drug-likeness (QED) is 0.326. The Morgan fingerprint density at radius 1 is 1.06 bits per heavy atom. The van der Waals surface area contributed by atoms with Crippen molar-refractivity contribution in [1.29, 1.82) is 0 Å². The lowest BCUT2D eigenvalue weighted by Crippen LogP contribution is -2.15. The van der Waals surface area contributed by atoms with E-state index in [0.717, 1.165) is 22.4 Å². The van der Waals surface area contributed by atoms with Crippen LogP contribution in [-0.4, -0.2) is 26.4 Å². The van der Waals surface area contributed by atoms with Gasteiger partial charge < -0.3 is 14.6 Å². The molecule has 6 nitrogen and oxygen atoms in total. The Morgan fingerprint density at radius 2 is 1.82 bits per heavy atom. The Hall–Kier alpha value is -3.29. The average Bonchev–Trinajstić information content (AvgIpc) is 3.18. The first-order valence-corrected chi connectivity index (χ1v) is 11.7. The number of anilines is 1. The maximum atomic E-state index is 12.6. The summed E-state index contributed by atoms with van der Waals surface area (Å²) in [4.78, 5) is 12.6. The number of hydrogen-bond donors (Lipinski definition) is 1. The van der Waals surface area contributed by atoms with Crippen LogP contribution < -0.4 is 10.1 Å². The van der Waals surface area contributed by atoms with Crippen molar-refractivity contribution >= 4 is 35.0 Å². The van der Waals surface area contributed by atoms with Gasteiger partial charge in [0.2, 0.25) is 5.91 Å². The number of halogens is 1. The number of thioether (sulfide) groups is 1. The number of aromatic nitrogens is 3. The predicted octanol–water partition coefficient (Wildman–Crippen LogP) is 5.75. The van der Waals surface area contributed by atoms with Crippen LogP contribution in [0, 0.1) is 6.92 Å². The van der Waals surface area contributed by atoms with Gasteiger partial charge in [-0.15, -0.1) is 10.2 Å². The molecule has 0 saturated heterocycles. The first-order chi connectivity index (χ1) is 16.0. The maximum Gasteiger partial charge on any atom is 0.234 e. The summed E-state index contributed by atoms with van der Waals surface area (Å²) in [5.41, 5.74) is 3.75. The summed E-state index contributed by atoms with van der Waals surface area (Å²) in [7, 11) is 1.86. The number of benzene rings is 3. The van der Waals surface area contributed by atoms with Crippen LogP contribution in [0.5, 0.6) is 5.75 Å². The topological polar surface area (TPSA) is 69.0 Å². The molecule has 0 aliphatic carbocycles. The first-order valence-electron chi connectivity index (χ1n) is 10.4. The van der Waals surface area contributed by atoms with Gasteiger partial charge in [-0.1, -0.05) is 71.9 Å². The second-order valence-corrected chi connectivity index (χ2v) is 8.76. The first kappa shape index (κ1) is 22.9. The molecule has 33 heavy (non-hydrogen) atoms. The number of rotatable bonds is 8. The van der Waals surface area contributed by atoms with Gasteiger partial charge in [0.1, 0.15) is 12.4 Å². The zero-order valence-corrected chi connectivity index (χ0v) is 19.9. The smallest absolute Gasteiger partial charge is 0.234 e. The third kappa shape index (κ3) is 5.74. The molecular weight excluding hydrogens is 456 g/mol. The molecule has 0 aliphatic rings. The van der Waals surface area contributed by atoms with Gasteiger partial charge in [-0.25, -0.2) is 0 Å². The van der Waals surface area contributed by atoms with Gasteiger partial charge in [-0.2, -0.15) is 0 Å². The van der Waals surface area contributed by atoms with E-state index in [-0.39, 0.29) is 18.3 Å². The highest BCUT2D eigenvalue weighted by molar-refractivity contribution is 7.99. The van der Waals surface area contributed by atoms with Crippen molar-refractivity contribution in [3.63, 3.8) is 0 Å². The zero-order chi connectivity index (χ0) is 23.2. The maximum absolute atomic E-state index is 12.6. The molecule has 0 aliphatic heterocycles. The van der Waals surface area contributed by atoms with E-state index >= 15 is 0 Å². The van der Waals surface area contributed by atoms with Crippen LogP contribution in [0.3, 0.4) is 0 Å². The van der Waals surface area contributed by atoms with Gasteiger partial charge in [0, 0.05) is 23.3 Å². The van der Waals surface area contributed by atoms with Crippen molar-refractivity contribution in [3.05, 3.63) is 89.2 Å². The van der Waals surface area contributed by atoms with E-state index in [0.29, 0.717) is 21.8 Å². The fourth-order valence-corrected chi connectivity index (χ4v) is 4.08. The van der Waals surface area contributed by atoms with Crippen LogP contribution in [-0.2, 0) is 18.4 Å². The molecule has 4 aromatic rings. The van der Waals surface area contributed by atoms with Crippen LogP contribution in [0.15, 0.2) is 78.0 Å². The van der Waals surface area contributed by atoms with E-state index in [1.807, 2.05) is 85.3 Å². The lowest BCUT2D eigenvalue weighted by molar-refractivity contribution is -0.113. The minimum absolute atomic E-state index is 0.110. The van der Waals surface area contributed by atoms with Gasteiger partial charge in [-0.3, -0.25) is 4.79 Å². The number of carbonyl (C=O) groups is 1. The minimum atomic E-state index is -0.110. The molecule has 0 saturated carbocycles. The highest BCUT2D eigenvalue weighted by Crippen LogP contribution is 2.28. The van der Waals surface area contributed by atoms with E-state index in [2.05, 4.69) is 15.5 Å². The molecule has 0 atom stereocenters. The Morgan fingerprint density at radius 3 is 2.61 bits per heavy atom. The van der Waals surface area contributed by atoms with E-state index in [4.69, 9.17) is 16.3 Å². The van der Waals surface area contributed by atoms with Gasteiger partial charge in [0.25, 0.3) is 0 Å². The second-order valence-electron chi connectivity index (χ2n) is 7.41. The van der Waals surface area contributed by atoms with Gasteiger partial charge in [0.15, 0.2) is 11.0 Å². The van der Waals surface area contributed by atoms with E-state index in [1.54, 1.807) is 6.07 Å². The molecular formula is C25H23ClN4O2S. The number of amides is 1. The van der Waals surface area contributed by atoms with Crippen molar-refractivity contribution in [2.24, 2.45) is 7.05 Å². The van der Waals surface area contributed by atoms with Gasteiger partial charge in [0.05, 0.1) is 5.75 Å². The van der Waals surface area contributed by atoms with Gasteiger partial charge >= 0.3 is 0 Å². The normalized spacial score (nSPS) is 10.8. The van der Waals surface area contributed by atoms with Crippen LogP contribution >= 0.6 is 23.4 Å². The fraction of sp³-hybridized carbons (Fsp3) is 0.160. The number of nitrogens with one attached hydrogen (secondary N) is 1. The van der Waals surface area contributed by atoms with Crippen LogP contribution in [0.2, 0.25) is 5.02 Å². The molecule has 4 rings (SSSR count). The molecule has 8 heteroatoms. The molecule has 1 aromatic heterocycles. The summed E-state index contributed by atoms with van der Waals surface area (Å²) < 4.78 is 7.64. The number of aryl methyl sites for hydroxylation is 1. The average molecular weight is 479 g/mol. The van der Waals surface area contributed by atoms with E-state index < -0.39 is 0 Å². The molecule has 0 radical (unpaired) electrons. The molecule has 1 amide bonds. The van der Waals surface area contributed by atoms with Crippen molar-refractivity contribution in [3.8, 4) is 16.9 Å². The molecule has 0 spiro atoms. The third-order valence-electron chi connectivity index (χ3n) is 5.04. The molecule has 0 bridgehead atoms. The SMILES string of the molecule is Cc1cc(OCc2nnc(SCC(=O)Nc3ccccc3-c3ccccc3)n2C)ccc1Cl. The Balaban J connectivity index is 1.35. The Kier molecular flexibility index (Phi) is 7.32. The monoisotopic (exact) mass is 478 g/mol. The number of nitrogens with zero attached hydrogens (tertiary/aromatic N) is 3. The van der Waals surface area contributed by atoms with Crippen molar-refractivity contribution in [1.82, 2.24) is 14.8 Å². The molecule has 0 unspecified atom stereocenters. The fourth-order valence-electron chi connectivity index (χ4n) is 3.23. The second kappa shape index (κ2) is 10.6. The Bertz CT molecular complexity index is 1260. The van der Waals surface area contributed by atoms with Crippen LogP contribution in [0.1, 0.15) is 11.4 Å². The predicted molar refractivity (Wildman–Crippen MR) is 133 cm³/mol. The zero-order valence-electron chi connectivity index (χ0n) is 18.3. The number of ether oxygens (including phenoxy) is 1. The Labute approximate surface area is 202 Å². The van der Waals surface area contributed by atoms with Crippen molar-refractivity contribution < 1.29 is 9.53 Å². The minimum Gasteiger partial charge on any atom is -0.486 e. The summed E-state index contributed by atoms with van der Waals surface area (Å²) in [5, 5.41) is 12.7. The highest BCUT2D eigenvalue weighted by Gasteiger charge is 2.14. The summed E-state index contributed by atoms with van der Waals surface area (Å²) in [6.45, 7) is 2.19. The van der Waals surface area contributed by atoms with Gasteiger partial charge in [-0.05, 0) is 42.3 Å². The standard InChI is InChI=1S/C25H23ClN4O2S/c1-17-14-19(12-13-21(17)26)32-15-23-28-29-25(30(23)2)33-16-24(31)27-22-11-7-6-10-20(22)18-8-4-3-5-9-18/h3-14H,15-16H2,1-2H3,(H,27,31). The van der Waals surface area contributed by atoms with E-state index in [9.17, 15) is 4.79 Å². The van der Waals surface area contributed by atoms with Crippen molar-refractivity contribution in [2.75, 3.05) is 11.1 Å². The highest BCUT2D eigenvalue weighted by atomic mass is 35.5. The number of para-hydroxylation sites is 1. The van der Waals surface area contributed by atoms with Crippen LogP contribution in [0.25, 0.3) is 11.1 Å². The molecule has 1 N–H and O–H groups in total. The van der Waals surface area contributed by atoms with Crippen LogP contribution in [0.4, 0.5) is 5.69 Å².